The van der Waals surface area contributed by atoms with E-state index in [9.17, 15) is 0 Å². The normalized spacial score (nSPS) is 8.60. The summed E-state index contributed by atoms with van der Waals surface area (Å²) >= 11 is 0. The van der Waals surface area contributed by atoms with Gasteiger partial charge in [0.1, 0.15) is 0 Å². The molecule has 0 fully saturated rings. The molecule has 1 nitrogen and oxygen atoms in total. The largest absolute Gasteiger partial charge is 0.698 e. The molecule has 0 aliphatic carbocycles. The minimum Gasteiger partial charge on any atom is -0.698 e. The molecule has 0 saturated carbocycles. The Hall–Kier alpha value is 0.124. The maximum absolute atomic E-state index is 7.44. The van der Waals surface area contributed by atoms with Gasteiger partial charge in [-0.3, -0.25) is 0 Å². The van der Waals surface area contributed by atoms with Crippen LogP contribution in [0.4, 0.5) is 5.69 Å². The van der Waals surface area contributed by atoms with Gasteiger partial charge >= 0.3 is 0 Å². The van der Waals surface area contributed by atoms with Crippen LogP contribution < -0.4 is 0 Å². The molecule has 0 aromatic heterocycles. The summed E-state index contributed by atoms with van der Waals surface area (Å²) in [6.45, 7) is 3.91. The number of nitrogens with one attached hydrogen (secondary N) is 1. The molecule has 1 aromatic rings. The van der Waals surface area contributed by atoms with Gasteiger partial charge in [0, 0.05) is 32.7 Å². The number of hydrogen-bond acceptors (Lipinski definition) is 0. The first kappa shape index (κ1) is 10.1. The molecule has 0 bridgehead atoms. The van der Waals surface area contributed by atoms with E-state index in [0.717, 1.165) is 11.1 Å². The number of rotatable bonds is 0. The second-order valence-electron chi connectivity index (χ2n) is 2.27. The van der Waals surface area contributed by atoms with Crippen LogP contribution in [0.2, 0.25) is 0 Å². The first-order valence-electron chi connectivity index (χ1n) is 2.99. The molecule has 0 spiro atoms. The molecule has 0 unspecified atom stereocenters. The van der Waals surface area contributed by atoms with Gasteiger partial charge in [0.25, 0.3) is 0 Å². The quantitative estimate of drug-likeness (QED) is 0.627. The summed E-state index contributed by atoms with van der Waals surface area (Å²) in [6.07, 6.45) is 0. The van der Waals surface area contributed by atoms with E-state index in [4.69, 9.17) is 5.73 Å². The van der Waals surface area contributed by atoms with Crippen molar-refractivity contribution in [2.24, 2.45) is 0 Å². The van der Waals surface area contributed by atoms with Crippen molar-refractivity contribution in [1.82, 2.24) is 0 Å². The van der Waals surface area contributed by atoms with E-state index in [1.807, 2.05) is 32.0 Å². The summed E-state index contributed by atoms with van der Waals surface area (Å²) in [7, 11) is 0. The van der Waals surface area contributed by atoms with Gasteiger partial charge in [0.2, 0.25) is 0 Å². The molecule has 0 heterocycles. The van der Waals surface area contributed by atoms with Gasteiger partial charge in [0.15, 0.2) is 0 Å². The predicted molar refractivity (Wildman–Crippen MR) is 39.9 cm³/mol. The monoisotopic (exact) mass is 209 g/mol. The summed E-state index contributed by atoms with van der Waals surface area (Å²) in [5, 5.41) is 0. The number of aryl methyl sites for hydroxylation is 2. The van der Waals surface area contributed by atoms with Gasteiger partial charge in [-0.2, -0.15) is 0 Å². The molecule has 51 valence electrons. The van der Waals surface area contributed by atoms with Gasteiger partial charge in [-0.1, -0.05) is 29.3 Å². The van der Waals surface area contributed by atoms with Gasteiger partial charge < -0.3 is 5.73 Å². The van der Waals surface area contributed by atoms with Crippen molar-refractivity contribution >= 4 is 5.69 Å². The molecule has 0 atom stereocenters. The molecular formula is C8H10NY-. The second-order valence-corrected chi connectivity index (χ2v) is 2.27. The van der Waals surface area contributed by atoms with Gasteiger partial charge in [0.05, 0.1) is 0 Å². The molecule has 10 heavy (non-hydrogen) atoms. The fourth-order valence-electron chi connectivity index (χ4n) is 0.814. The van der Waals surface area contributed by atoms with Crippen LogP contribution in [0.5, 0.6) is 0 Å². The van der Waals surface area contributed by atoms with Crippen molar-refractivity contribution in [3.63, 3.8) is 0 Å². The Balaban J connectivity index is 0.000000810. The van der Waals surface area contributed by atoms with Crippen LogP contribution >= 0.6 is 0 Å². The van der Waals surface area contributed by atoms with E-state index in [-0.39, 0.29) is 32.7 Å². The standard InChI is InChI=1S/C8H10N.Y/c1-6-4-3-5-7(2)8(6)9;/h3-5,9H,1-2H3;/q-1;. The van der Waals surface area contributed by atoms with E-state index in [1.165, 1.54) is 0 Å². The fraction of sp³-hybridized carbons (Fsp3) is 0.250. The molecule has 0 aliphatic rings. The first-order valence-corrected chi connectivity index (χ1v) is 2.99. The Morgan fingerprint density at radius 3 is 1.80 bits per heavy atom. The molecule has 1 radical (unpaired) electrons. The smallest absolute Gasteiger partial charge is 0 e. The van der Waals surface area contributed by atoms with Crippen LogP contribution in [-0.2, 0) is 32.7 Å². The topological polar surface area (TPSA) is 23.8 Å². The van der Waals surface area contributed by atoms with Gasteiger partial charge in [-0.25, -0.2) is 0 Å². The number of hydrogen-bond donors (Lipinski definition) is 0. The maximum Gasteiger partial charge on any atom is 0 e. The van der Waals surface area contributed by atoms with Crippen LogP contribution in [0.15, 0.2) is 18.2 Å². The van der Waals surface area contributed by atoms with E-state index in [1.54, 1.807) is 0 Å². The maximum atomic E-state index is 7.44. The molecule has 1 aromatic carbocycles. The third-order valence-corrected chi connectivity index (χ3v) is 1.48. The molecule has 1 rings (SSSR count). The Labute approximate surface area is 86.9 Å². The van der Waals surface area contributed by atoms with Crippen LogP contribution in [0.25, 0.3) is 5.73 Å². The van der Waals surface area contributed by atoms with Crippen molar-refractivity contribution in [3.8, 4) is 0 Å². The average Bonchev–Trinajstić information content (AvgIpc) is 1.83. The summed E-state index contributed by atoms with van der Waals surface area (Å²) < 4.78 is 0. The predicted octanol–water partition coefficient (Wildman–Crippen LogP) is 2.98. The molecule has 0 saturated heterocycles. The van der Waals surface area contributed by atoms with Gasteiger partial charge in [-0.15, -0.1) is 5.69 Å². The summed E-state index contributed by atoms with van der Waals surface area (Å²) in [4.78, 5) is 0. The second kappa shape index (κ2) is 4.10. The van der Waals surface area contributed by atoms with Crippen LogP contribution in [0.3, 0.4) is 0 Å². The summed E-state index contributed by atoms with van der Waals surface area (Å²) in [6, 6.07) is 5.88. The zero-order valence-electron chi connectivity index (χ0n) is 6.31. The molecule has 0 aliphatic heterocycles. The van der Waals surface area contributed by atoms with Crippen LogP contribution in [0.1, 0.15) is 11.1 Å². The van der Waals surface area contributed by atoms with E-state index in [2.05, 4.69) is 0 Å². The van der Waals surface area contributed by atoms with Crippen molar-refractivity contribution in [3.05, 3.63) is 35.1 Å². The summed E-state index contributed by atoms with van der Waals surface area (Å²) in [5.74, 6) is 0. The van der Waals surface area contributed by atoms with E-state index < -0.39 is 0 Å². The SMILES string of the molecule is Cc1cccc(C)c1[NH-].[Y]. The van der Waals surface area contributed by atoms with Crippen molar-refractivity contribution < 1.29 is 32.7 Å². The van der Waals surface area contributed by atoms with Crippen molar-refractivity contribution in [1.29, 1.82) is 0 Å². The first-order chi connectivity index (χ1) is 4.22. The molecule has 0 amide bonds. The third-order valence-electron chi connectivity index (χ3n) is 1.48. The Morgan fingerprint density at radius 2 is 1.50 bits per heavy atom. The zero-order valence-corrected chi connectivity index (χ0v) is 9.15. The van der Waals surface area contributed by atoms with E-state index in [0.29, 0.717) is 5.69 Å². The van der Waals surface area contributed by atoms with Crippen LogP contribution in [0, 0.1) is 13.8 Å². The molecular weight excluding hydrogens is 199 g/mol. The van der Waals surface area contributed by atoms with Crippen molar-refractivity contribution in [2.75, 3.05) is 0 Å². The minimum absolute atomic E-state index is 0. The number of benzene rings is 1. The molecule has 1 N–H and O–H groups in total. The molecule has 2 heteroatoms. The van der Waals surface area contributed by atoms with Crippen LogP contribution in [-0.4, -0.2) is 0 Å². The van der Waals surface area contributed by atoms with E-state index >= 15 is 0 Å². The Bertz CT molecular complexity index is 200. The summed E-state index contributed by atoms with van der Waals surface area (Å²) in [5.41, 5.74) is 10.2. The fourth-order valence-corrected chi connectivity index (χ4v) is 0.814. The van der Waals surface area contributed by atoms with Crippen molar-refractivity contribution in [2.45, 2.75) is 13.8 Å². The Morgan fingerprint density at radius 1 is 1.10 bits per heavy atom. The third kappa shape index (κ3) is 2.07. The zero-order chi connectivity index (χ0) is 6.85. The average molecular weight is 209 g/mol. The Kier molecular flexibility index (Phi) is 4.15. The van der Waals surface area contributed by atoms with Gasteiger partial charge in [-0.05, 0) is 13.8 Å². The minimum atomic E-state index is 0.